The second-order valence-electron chi connectivity index (χ2n) is 4.04. The smallest absolute Gasteiger partial charge is 0.252 e. The predicted molar refractivity (Wildman–Crippen MR) is 75.6 cm³/mol. The second-order valence-corrected chi connectivity index (χ2v) is 4.40. The Labute approximate surface area is 122 Å². The number of halogens is 1. The lowest BCUT2D eigenvalue weighted by Gasteiger charge is -2.16. The fourth-order valence-electron chi connectivity index (χ4n) is 1.56. The van der Waals surface area contributed by atoms with Crippen molar-refractivity contribution in [2.24, 2.45) is 0 Å². The van der Waals surface area contributed by atoms with Gasteiger partial charge in [-0.05, 0) is 19.1 Å². The van der Waals surface area contributed by atoms with Gasteiger partial charge in [0.25, 0.3) is 5.88 Å². The van der Waals surface area contributed by atoms with Crippen LogP contribution in [0.5, 0.6) is 17.4 Å². The van der Waals surface area contributed by atoms with E-state index >= 15 is 0 Å². The molecule has 0 N–H and O–H groups in total. The largest absolute Gasteiger partial charge is 0.493 e. The van der Waals surface area contributed by atoms with E-state index in [1.54, 1.807) is 7.11 Å². The molecule has 5 nitrogen and oxygen atoms in total. The molecule has 0 aliphatic rings. The van der Waals surface area contributed by atoms with E-state index in [2.05, 4.69) is 9.97 Å². The van der Waals surface area contributed by atoms with Crippen molar-refractivity contribution in [3.63, 3.8) is 0 Å². The quantitative estimate of drug-likeness (QED) is 0.820. The van der Waals surface area contributed by atoms with Gasteiger partial charge in [0.15, 0.2) is 16.7 Å². The van der Waals surface area contributed by atoms with Crippen molar-refractivity contribution in [1.82, 2.24) is 9.97 Å². The molecule has 0 amide bonds. The normalized spacial score (nSPS) is 11.8. The number of para-hydroxylation sites is 2. The van der Waals surface area contributed by atoms with Crippen LogP contribution in [0.1, 0.15) is 6.92 Å². The summed E-state index contributed by atoms with van der Waals surface area (Å²) in [4.78, 5) is 7.91. The van der Waals surface area contributed by atoms with Gasteiger partial charge < -0.3 is 14.2 Å². The molecule has 2 aromatic rings. The van der Waals surface area contributed by atoms with Gasteiger partial charge in [-0.15, -0.1) is 0 Å². The Morgan fingerprint density at radius 3 is 2.55 bits per heavy atom. The van der Waals surface area contributed by atoms with Gasteiger partial charge in [-0.2, -0.15) is 0 Å². The molecule has 0 saturated carbocycles. The summed E-state index contributed by atoms with van der Waals surface area (Å²) in [5, 5.41) is 0.233. The summed E-state index contributed by atoms with van der Waals surface area (Å²) < 4.78 is 16.4. The average molecular weight is 295 g/mol. The Balaban J connectivity index is 1.92. The summed E-state index contributed by atoms with van der Waals surface area (Å²) in [6.07, 6.45) is 2.80. The predicted octanol–water partition coefficient (Wildman–Crippen LogP) is 2.98. The molecule has 1 aromatic carbocycles. The lowest BCUT2D eigenvalue weighted by atomic mass is 10.3. The highest BCUT2D eigenvalue weighted by Gasteiger charge is 2.11. The standard InChI is InChI=1S/C14H15ClN2O3/c1-10(20-14-13(15)16-7-8-17-14)9-19-12-6-4-3-5-11(12)18-2/h3-8,10H,9H2,1-2H3. The summed E-state index contributed by atoms with van der Waals surface area (Å²) in [6, 6.07) is 7.43. The van der Waals surface area contributed by atoms with E-state index in [-0.39, 0.29) is 11.3 Å². The van der Waals surface area contributed by atoms with E-state index in [1.165, 1.54) is 12.4 Å². The van der Waals surface area contributed by atoms with Crippen LogP contribution < -0.4 is 14.2 Å². The summed E-state index contributed by atoms with van der Waals surface area (Å²) >= 11 is 5.87. The molecule has 1 unspecified atom stereocenters. The first-order valence-electron chi connectivity index (χ1n) is 6.09. The molecule has 6 heteroatoms. The number of benzene rings is 1. The van der Waals surface area contributed by atoms with Gasteiger partial charge in [0.2, 0.25) is 0 Å². The number of methoxy groups -OCH3 is 1. The van der Waals surface area contributed by atoms with Crippen LogP contribution in [0.15, 0.2) is 36.7 Å². The minimum atomic E-state index is -0.228. The Morgan fingerprint density at radius 2 is 1.85 bits per heavy atom. The number of aromatic nitrogens is 2. The number of nitrogens with zero attached hydrogens (tertiary/aromatic N) is 2. The van der Waals surface area contributed by atoms with E-state index in [4.69, 9.17) is 25.8 Å². The molecular formula is C14H15ClN2O3. The zero-order valence-corrected chi connectivity index (χ0v) is 12.0. The molecule has 2 rings (SSSR count). The zero-order chi connectivity index (χ0) is 14.4. The summed E-state index contributed by atoms with van der Waals surface area (Å²) in [7, 11) is 1.60. The number of rotatable bonds is 6. The average Bonchev–Trinajstić information content (AvgIpc) is 2.48. The molecule has 0 radical (unpaired) electrons. The Hall–Kier alpha value is -2.01. The van der Waals surface area contributed by atoms with Crippen LogP contribution in [-0.4, -0.2) is 29.8 Å². The summed E-state index contributed by atoms with van der Waals surface area (Å²) in [5.41, 5.74) is 0. The van der Waals surface area contributed by atoms with Crippen LogP contribution in [0.4, 0.5) is 0 Å². The van der Waals surface area contributed by atoms with Crippen LogP contribution in [0.25, 0.3) is 0 Å². The summed E-state index contributed by atoms with van der Waals surface area (Å²) in [5.74, 6) is 1.64. The first-order valence-corrected chi connectivity index (χ1v) is 6.47. The van der Waals surface area contributed by atoms with E-state index in [9.17, 15) is 0 Å². The second kappa shape index (κ2) is 6.96. The van der Waals surface area contributed by atoms with Gasteiger partial charge in [0, 0.05) is 12.4 Å². The van der Waals surface area contributed by atoms with Crippen LogP contribution in [0, 0.1) is 0 Å². The van der Waals surface area contributed by atoms with Crippen molar-refractivity contribution >= 4 is 11.6 Å². The number of hydrogen-bond acceptors (Lipinski definition) is 5. The molecule has 0 spiro atoms. The molecule has 1 atom stereocenters. The summed E-state index contributed by atoms with van der Waals surface area (Å²) in [6.45, 7) is 2.20. The van der Waals surface area contributed by atoms with Crippen LogP contribution >= 0.6 is 11.6 Å². The molecule has 0 saturated heterocycles. The minimum Gasteiger partial charge on any atom is -0.493 e. The van der Waals surface area contributed by atoms with Crippen molar-refractivity contribution in [3.05, 3.63) is 41.8 Å². The van der Waals surface area contributed by atoms with Crippen LogP contribution in [-0.2, 0) is 0 Å². The van der Waals surface area contributed by atoms with Crippen LogP contribution in [0.2, 0.25) is 5.15 Å². The van der Waals surface area contributed by atoms with Gasteiger partial charge in [-0.3, -0.25) is 0 Å². The van der Waals surface area contributed by atoms with Crippen molar-refractivity contribution in [2.45, 2.75) is 13.0 Å². The Bertz CT molecular complexity index is 566. The maximum absolute atomic E-state index is 5.87. The molecule has 106 valence electrons. The fraction of sp³-hybridized carbons (Fsp3) is 0.286. The zero-order valence-electron chi connectivity index (χ0n) is 11.2. The van der Waals surface area contributed by atoms with Gasteiger partial charge in [-0.25, -0.2) is 9.97 Å². The lowest BCUT2D eigenvalue weighted by molar-refractivity contribution is 0.135. The third-order valence-corrected chi connectivity index (χ3v) is 2.74. The molecule has 0 aliphatic heterocycles. The highest BCUT2D eigenvalue weighted by atomic mass is 35.5. The Kier molecular flexibility index (Phi) is 5.01. The first-order chi connectivity index (χ1) is 9.70. The number of hydrogen-bond donors (Lipinski definition) is 0. The van der Waals surface area contributed by atoms with Gasteiger partial charge >= 0.3 is 0 Å². The van der Waals surface area contributed by atoms with Crippen molar-refractivity contribution in [2.75, 3.05) is 13.7 Å². The molecule has 0 bridgehead atoms. The fourth-order valence-corrected chi connectivity index (χ4v) is 1.71. The molecule has 1 aromatic heterocycles. The SMILES string of the molecule is COc1ccccc1OCC(C)Oc1nccnc1Cl. The lowest BCUT2D eigenvalue weighted by Crippen LogP contribution is -2.22. The molecule has 1 heterocycles. The molecular weight excluding hydrogens is 280 g/mol. The highest BCUT2D eigenvalue weighted by molar-refractivity contribution is 6.30. The monoisotopic (exact) mass is 294 g/mol. The van der Waals surface area contributed by atoms with E-state index in [0.717, 1.165) is 0 Å². The maximum Gasteiger partial charge on any atom is 0.252 e. The van der Waals surface area contributed by atoms with E-state index in [0.29, 0.717) is 24.0 Å². The number of ether oxygens (including phenoxy) is 3. The third kappa shape index (κ3) is 3.74. The van der Waals surface area contributed by atoms with Gasteiger partial charge in [0.1, 0.15) is 12.7 Å². The Morgan fingerprint density at radius 1 is 1.15 bits per heavy atom. The van der Waals surface area contributed by atoms with Crippen molar-refractivity contribution < 1.29 is 14.2 Å². The van der Waals surface area contributed by atoms with E-state index in [1.807, 2.05) is 31.2 Å². The molecule has 0 aliphatic carbocycles. The van der Waals surface area contributed by atoms with Gasteiger partial charge in [0.05, 0.1) is 7.11 Å². The van der Waals surface area contributed by atoms with Gasteiger partial charge in [-0.1, -0.05) is 23.7 Å². The first kappa shape index (κ1) is 14.4. The highest BCUT2D eigenvalue weighted by Crippen LogP contribution is 2.26. The molecule has 20 heavy (non-hydrogen) atoms. The maximum atomic E-state index is 5.87. The van der Waals surface area contributed by atoms with Crippen molar-refractivity contribution in [3.8, 4) is 17.4 Å². The van der Waals surface area contributed by atoms with Crippen molar-refractivity contribution in [1.29, 1.82) is 0 Å². The topological polar surface area (TPSA) is 53.5 Å². The third-order valence-electron chi connectivity index (χ3n) is 2.48. The minimum absolute atomic E-state index is 0.228. The van der Waals surface area contributed by atoms with E-state index < -0.39 is 0 Å². The van der Waals surface area contributed by atoms with Crippen LogP contribution in [0.3, 0.4) is 0 Å². The molecule has 0 fully saturated rings.